The van der Waals surface area contributed by atoms with Crippen LogP contribution in [0.5, 0.6) is 11.5 Å². The van der Waals surface area contributed by atoms with Crippen molar-refractivity contribution in [3.63, 3.8) is 0 Å². The second-order valence-corrected chi connectivity index (χ2v) is 7.53. The minimum absolute atomic E-state index is 0.0327. The van der Waals surface area contributed by atoms with Crippen molar-refractivity contribution in [2.75, 3.05) is 38.7 Å². The number of hydrogen-bond donors (Lipinski definition) is 1. The number of morpholine rings is 1. The summed E-state index contributed by atoms with van der Waals surface area (Å²) in [6, 6.07) is 8.10. The van der Waals surface area contributed by atoms with Crippen molar-refractivity contribution in [2.45, 2.75) is 19.6 Å². The maximum Gasteiger partial charge on any atom is 0.164 e. The minimum atomic E-state index is -0.478. The third-order valence-corrected chi connectivity index (χ3v) is 5.46. The zero-order valence-electron chi connectivity index (χ0n) is 17.4. The highest BCUT2D eigenvalue weighted by Crippen LogP contribution is 2.36. The van der Waals surface area contributed by atoms with Crippen LogP contribution in [0, 0.1) is 5.82 Å². The van der Waals surface area contributed by atoms with Gasteiger partial charge in [0.05, 0.1) is 30.9 Å². The molecule has 2 aromatic carbocycles. The highest BCUT2D eigenvalue weighted by Gasteiger charge is 2.23. The lowest BCUT2D eigenvalue weighted by Gasteiger charge is -2.34. The highest BCUT2D eigenvalue weighted by molar-refractivity contribution is 6.31. The lowest BCUT2D eigenvalue weighted by molar-refractivity contribution is -0.0475. The molecule has 1 fully saturated rings. The molecule has 1 aromatic heterocycles. The van der Waals surface area contributed by atoms with Gasteiger partial charge in [0.25, 0.3) is 0 Å². The highest BCUT2D eigenvalue weighted by atomic mass is 35.5. The van der Waals surface area contributed by atoms with E-state index in [-0.39, 0.29) is 11.3 Å². The van der Waals surface area contributed by atoms with Gasteiger partial charge in [-0.3, -0.25) is 4.90 Å². The SMILES string of the molecule is CCC(Oc1cc2c(Nc3ccc(F)c(Cl)c3)ncnc2cc1OC)N1CCOCC1. The first-order valence-electron chi connectivity index (χ1n) is 10.1. The summed E-state index contributed by atoms with van der Waals surface area (Å²) in [5.41, 5.74) is 1.30. The summed E-state index contributed by atoms with van der Waals surface area (Å²) in [5.74, 6) is 1.27. The van der Waals surface area contributed by atoms with Gasteiger partial charge in [-0.05, 0) is 30.7 Å². The number of nitrogens with one attached hydrogen (secondary N) is 1. The van der Waals surface area contributed by atoms with Crippen molar-refractivity contribution < 1.29 is 18.6 Å². The number of nitrogens with zero attached hydrogens (tertiary/aromatic N) is 3. The molecule has 1 N–H and O–H groups in total. The average Bonchev–Trinajstić information content (AvgIpc) is 2.80. The Hall–Kier alpha value is -2.68. The van der Waals surface area contributed by atoms with Crippen LogP contribution in [0.3, 0.4) is 0 Å². The first-order chi connectivity index (χ1) is 15.1. The van der Waals surface area contributed by atoms with Gasteiger partial charge >= 0.3 is 0 Å². The summed E-state index contributed by atoms with van der Waals surface area (Å²) < 4.78 is 30.9. The lowest BCUT2D eigenvalue weighted by Crippen LogP contribution is -2.46. The largest absolute Gasteiger partial charge is 0.493 e. The molecule has 31 heavy (non-hydrogen) atoms. The van der Waals surface area contributed by atoms with Crippen LogP contribution in [0.15, 0.2) is 36.7 Å². The third-order valence-electron chi connectivity index (χ3n) is 5.17. The normalized spacial score (nSPS) is 15.6. The number of aromatic nitrogens is 2. The first-order valence-corrected chi connectivity index (χ1v) is 10.5. The number of hydrogen-bond acceptors (Lipinski definition) is 7. The fourth-order valence-corrected chi connectivity index (χ4v) is 3.73. The van der Waals surface area contributed by atoms with Gasteiger partial charge in [0, 0.05) is 30.2 Å². The monoisotopic (exact) mass is 446 g/mol. The number of methoxy groups -OCH3 is 1. The number of rotatable bonds is 7. The van der Waals surface area contributed by atoms with Crippen molar-refractivity contribution >= 4 is 34.0 Å². The molecule has 1 aliphatic rings. The van der Waals surface area contributed by atoms with Crippen molar-refractivity contribution in [1.82, 2.24) is 14.9 Å². The summed E-state index contributed by atoms with van der Waals surface area (Å²) in [6.45, 7) is 5.10. The van der Waals surface area contributed by atoms with Crippen LogP contribution < -0.4 is 14.8 Å². The molecule has 0 aliphatic carbocycles. The molecular weight excluding hydrogens is 423 g/mol. The van der Waals surface area contributed by atoms with Crippen LogP contribution >= 0.6 is 11.6 Å². The lowest BCUT2D eigenvalue weighted by atomic mass is 10.2. The maximum atomic E-state index is 13.5. The second kappa shape index (κ2) is 9.64. The van der Waals surface area contributed by atoms with Gasteiger partial charge in [-0.25, -0.2) is 14.4 Å². The summed E-state index contributed by atoms with van der Waals surface area (Å²) in [4.78, 5) is 11.0. The molecular formula is C22H24ClFN4O3. The van der Waals surface area contributed by atoms with Gasteiger partial charge in [-0.2, -0.15) is 0 Å². The zero-order valence-corrected chi connectivity index (χ0v) is 18.2. The molecule has 1 unspecified atom stereocenters. The first kappa shape index (κ1) is 21.5. The molecule has 0 spiro atoms. The van der Waals surface area contributed by atoms with Crippen LogP contribution in [-0.4, -0.2) is 54.5 Å². The van der Waals surface area contributed by atoms with E-state index in [2.05, 4.69) is 27.1 Å². The summed E-state index contributed by atoms with van der Waals surface area (Å²) in [5, 5.41) is 3.96. The van der Waals surface area contributed by atoms with E-state index in [0.717, 1.165) is 24.9 Å². The molecule has 2 heterocycles. The van der Waals surface area contributed by atoms with Gasteiger partial charge in [-0.1, -0.05) is 18.5 Å². The maximum absolute atomic E-state index is 13.5. The average molecular weight is 447 g/mol. The molecule has 7 nitrogen and oxygen atoms in total. The van der Waals surface area contributed by atoms with E-state index < -0.39 is 5.82 Å². The molecule has 0 bridgehead atoms. The molecule has 1 saturated heterocycles. The molecule has 164 valence electrons. The Morgan fingerprint density at radius 1 is 1.19 bits per heavy atom. The van der Waals surface area contributed by atoms with E-state index >= 15 is 0 Å². The predicted octanol–water partition coefficient (Wildman–Crippen LogP) is 4.62. The Balaban J connectivity index is 1.68. The number of fused-ring (bicyclic) bond motifs is 1. The van der Waals surface area contributed by atoms with Gasteiger partial charge in [0.1, 0.15) is 18.0 Å². The van der Waals surface area contributed by atoms with Crippen LogP contribution in [-0.2, 0) is 4.74 Å². The number of benzene rings is 2. The topological polar surface area (TPSA) is 68.7 Å². The Labute approximate surface area is 185 Å². The fraction of sp³-hybridized carbons (Fsp3) is 0.364. The molecule has 0 radical (unpaired) electrons. The van der Waals surface area contributed by atoms with E-state index in [0.29, 0.717) is 41.7 Å². The Kier molecular flexibility index (Phi) is 6.70. The minimum Gasteiger partial charge on any atom is -0.493 e. The second-order valence-electron chi connectivity index (χ2n) is 7.13. The van der Waals surface area contributed by atoms with Gasteiger partial charge in [0.2, 0.25) is 0 Å². The van der Waals surface area contributed by atoms with E-state index in [1.165, 1.54) is 18.5 Å². The Morgan fingerprint density at radius 3 is 2.71 bits per heavy atom. The fourth-order valence-electron chi connectivity index (χ4n) is 3.55. The third kappa shape index (κ3) is 4.81. The predicted molar refractivity (Wildman–Crippen MR) is 118 cm³/mol. The number of anilines is 2. The van der Waals surface area contributed by atoms with E-state index in [1.807, 2.05) is 12.1 Å². The van der Waals surface area contributed by atoms with Crippen molar-refractivity contribution in [3.8, 4) is 11.5 Å². The van der Waals surface area contributed by atoms with Crippen molar-refractivity contribution in [2.24, 2.45) is 0 Å². The van der Waals surface area contributed by atoms with Gasteiger partial charge < -0.3 is 19.5 Å². The number of ether oxygens (including phenoxy) is 3. The molecule has 3 aromatic rings. The smallest absolute Gasteiger partial charge is 0.164 e. The van der Waals surface area contributed by atoms with E-state index in [4.69, 9.17) is 25.8 Å². The zero-order chi connectivity index (χ0) is 21.8. The van der Waals surface area contributed by atoms with Crippen molar-refractivity contribution in [3.05, 3.63) is 47.5 Å². The Morgan fingerprint density at radius 2 is 2.00 bits per heavy atom. The molecule has 4 rings (SSSR count). The van der Waals surface area contributed by atoms with Crippen LogP contribution in [0.25, 0.3) is 10.9 Å². The van der Waals surface area contributed by atoms with Crippen LogP contribution in [0.4, 0.5) is 15.9 Å². The quantitative estimate of drug-likeness (QED) is 0.567. The standard InChI is InChI=1S/C22H24ClFN4O3/c1-3-21(28-6-8-30-9-7-28)31-20-11-15-18(12-19(20)29-2)25-13-26-22(15)27-14-4-5-17(24)16(23)10-14/h4-5,10-13,21H,3,6-9H2,1-2H3,(H,25,26,27). The van der Waals surface area contributed by atoms with Crippen LogP contribution in [0.2, 0.25) is 5.02 Å². The van der Waals surface area contributed by atoms with Gasteiger partial charge in [-0.15, -0.1) is 0 Å². The molecule has 0 amide bonds. The molecule has 9 heteroatoms. The van der Waals surface area contributed by atoms with Gasteiger partial charge in [0.15, 0.2) is 17.7 Å². The summed E-state index contributed by atoms with van der Waals surface area (Å²) in [6.07, 6.45) is 2.16. The summed E-state index contributed by atoms with van der Waals surface area (Å²) >= 11 is 5.91. The van der Waals surface area contributed by atoms with E-state index in [9.17, 15) is 4.39 Å². The molecule has 1 atom stereocenters. The van der Waals surface area contributed by atoms with Crippen molar-refractivity contribution in [1.29, 1.82) is 0 Å². The van der Waals surface area contributed by atoms with Crippen LogP contribution in [0.1, 0.15) is 13.3 Å². The Bertz CT molecular complexity index is 1060. The number of halogens is 2. The molecule has 0 saturated carbocycles. The summed E-state index contributed by atoms with van der Waals surface area (Å²) in [7, 11) is 1.60. The molecule has 1 aliphatic heterocycles. The van der Waals surface area contributed by atoms with E-state index in [1.54, 1.807) is 13.2 Å².